The molecule has 0 aliphatic rings. The maximum atomic E-state index is 5.38. The van der Waals surface area contributed by atoms with Gasteiger partial charge < -0.3 is 4.57 Å². The van der Waals surface area contributed by atoms with Gasteiger partial charge in [-0.2, -0.15) is 0 Å². The smallest absolute Gasteiger partial charge is 0.203 e. The SMILES string of the molecule is c1ccc(-c2cccc([Si](c3ccccc3)(c3ccccc3)c3ccn(-c4ccccc4)c3)n2)cc1. The quantitative estimate of drug-likeness (QED) is 0.311. The van der Waals surface area contributed by atoms with Gasteiger partial charge in [0.05, 0.1) is 5.69 Å². The Hall–Kier alpha value is -4.47. The molecule has 172 valence electrons. The zero-order chi connectivity index (χ0) is 24.2. The monoisotopic (exact) mass is 478 g/mol. The molecule has 0 saturated heterocycles. The fourth-order valence-electron chi connectivity index (χ4n) is 5.11. The van der Waals surface area contributed by atoms with Gasteiger partial charge in [0.15, 0.2) is 0 Å². The lowest BCUT2D eigenvalue weighted by atomic mass is 10.1. The highest BCUT2D eigenvalue weighted by atomic mass is 28.3. The molecule has 0 spiro atoms. The minimum Gasteiger partial charge on any atom is -0.324 e. The summed E-state index contributed by atoms with van der Waals surface area (Å²) in [4.78, 5) is 5.38. The van der Waals surface area contributed by atoms with Crippen molar-refractivity contribution in [1.82, 2.24) is 9.55 Å². The first-order valence-corrected chi connectivity index (χ1v) is 14.2. The topological polar surface area (TPSA) is 17.8 Å². The molecule has 0 bridgehead atoms. The van der Waals surface area contributed by atoms with Crippen LogP contribution in [0.2, 0.25) is 0 Å². The average molecular weight is 479 g/mol. The van der Waals surface area contributed by atoms with Gasteiger partial charge in [-0.3, -0.25) is 4.98 Å². The lowest BCUT2D eigenvalue weighted by molar-refractivity contribution is 1.08. The zero-order valence-electron chi connectivity index (χ0n) is 19.9. The Labute approximate surface area is 213 Å². The minimum absolute atomic E-state index is 0.999. The van der Waals surface area contributed by atoms with E-state index in [1.807, 2.05) is 6.07 Å². The molecule has 0 fully saturated rings. The Kier molecular flexibility index (Phi) is 5.90. The molecular formula is C33H26N2Si. The van der Waals surface area contributed by atoms with E-state index in [9.17, 15) is 0 Å². The third-order valence-electron chi connectivity index (χ3n) is 6.80. The Balaban J connectivity index is 1.65. The predicted octanol–water partition coefficient (Wildman–Crippen LogP) is 4.92. The van der Waals surface area contributed by atoms with E-state index in [2.05, 4.69) is 156 Å². The van der Waals surface area contributed by atoms with Gasteiger partial charge in [-0.05, 0) is 45.9 Å². The zero-order valence-corrected chi connectivity index (χ0v) is 20.9. The first-order chi connectivity index (χ1) is 17.9. The lowest BCUT2D eigenvalue weighted by Gasteiger charge is -2.32. The fraction of sp³-hybridized carbons (Fsp3) is 0. The van der Waals surface area contributed by atoms with Gasteiger partial charge in [0.25, 0.3) is 0 Å². The van der Waals surface area contributed by atoms with Crippen molar-refractivity contribution in [3.05, 3.63) is 158 Å². The summed E-state index contributed by atoms with van der Waals surface area (Å²) < 4.78 is 2.23. The second-order valence-electron chi connectivity index (χ2n) is 8.90. The van der Waals surface area contributed by atoms with Crippen LogP contribution < -0.4 is 20.9 Å². The normalized spacial score (nSPS) is 11.3. The number of hydrogen-bond donors (Lipinski definition) is 0. The molecule has 0 aliphatic carbocycles. The van der Waals surface area contributed by atoms with E-state index in [0.717, 1.165) is 22.3 Å². The van der Waals surface area contributed by atoms with Crippen LogP contribution in [0.1, 0.15) is 0 Å². The number of aromatic nitrogens is 2. The predicted molar refractivity (Wildman–Crippen MR) is 153 cm³/mol. The van der Waals surface area contributed by atoms with Crippen molar-refractivity contribution in [2.75, 3.05) is 0 Å². The average Bonchev–Trinajstić information content (AvgIpc) is 3.46. The molecule has 6 aromatic rings. The van der Waals surface area contributed by atoms with Gasteiger partial charge in [0.2, 0.25) is 8.07 Å². The molecule has 0 radical (unpaired) electrons. The molecule has 0 atom stereocenters. The number of rotatable bonds is 6. The molecule has 3 heteroatoms. The van der Waals surface area contributed by atoms with Crippen molar-refractivity contribution in [2.24, 2.45) is 0 Å². The molecular weight excluding hydrogens is 452 g/mol. The van der Waals surface area contributed by atoms with Gasteiger partial charge >= 0.3 is 0 Å². The summed E-state index contributed by atoms with van der Waals surface area (Å²) in [5, 5.41) is 5.08. The van der Waals surface area contributed by atoms with Gasteiger partial charge in [0.1, 0.15) is 0 Å². The second-order valence-corrected chi connectivity index (χ2v) is 12.6. The Morgan fingerprint density at radius 1 is 0.472 bits per heavy atom. The largest absolute Gasteiger partial charge is 0.324 e. The molecule has 2 nitrogen and oxygen atoms in total. The van der Waals surface area contributed by atoms with Crippen LogP contribution in [0.25, 0.3) is 16.9 Å². The summed E-state index contributed by atoms with van der Waals surface area (Å²) in [5.74, 6) is 0. The highest BCUT2D eigenvalue weighted by Crippen LogP contribution is 2.17. The van der Waals surface area contributed by atoms with E-state index in [1.165, 1.54) is 15.6 Å². The summed E-state index contributed by atoms with van der Waals surface area (Å²) >= 11 is 0. The van der Waals surface area contributed by atoms with E-state index >= 15 is 0 Å². The van der Waals surface area contributed by atoms with Crippen molar-refractivity contribution in [2.45, 2.75) is 0 Å². The summed E-state index contributed by atoms with van der Waals surface area (Å²) in [6, 6.07) is 51.6. The first-order valence-electron chi connectivity index (χ1n) is 12.2. The van der Waals surface area contributed by atoms with Crippen LogP contribution in [0.15, 0.2) is 158 Å². The molecule has 6 rings (SSSR count). The Morgan fingerprint density at radius 2 is 1.03 bits per heavy atom. The molecule has 0 amide bonds. The van der Waals surface area contributed by atoms with Crippen molar-refractivity contribution in [3.63, 3.8) is 0 Å². The van der Waals surface area contributed by atoms with Crippen molar-refractivity contribution in [3.8, 4) is 16.9 Å². The maximum Gasteiger partial charge on any atom is 0.203 e. The van der Waals surface area contributed by atoms with Crippen LogP contribution in [-0.2, 0) is 0 Å². The standard InChI is InChI=1S/C33H26N2Si/c1-5-14-27(15-6-1)32-22-13-23-33(34-32)36(29-18-9-3-10-19-29,30-20-11-4-12-21-30)31-24-25-35(26-31)28-16-7-2-8-17-28/h1-26H. The molecule has 0 N–H and O–H groups in total. The Bertz CT molecular complexity index is 1520. The second kappa shape index (κ2) is 9.65. The number of nitrogens with zero attached hydrogens (tertiary/aromatic N) is 2. The van der Waals surface area contributed by atoms with Crippen molar-refractivity contribution in [1.29, 1.82) is 0 Å². The van der Waals surface area contributed by atoms with E-state index in [1.54, 1.807) is 0 Å². The maximum absolute atomic E-state index is 5.38. The number of hydrogen-bond acceptors (Lipinski definition) is 1. The first kappa shape index (κ1) is 22.0. The van der Waals surface area contributed by atoms with Crippen LogP contribution in [-0.4, -0.2) is 17.6 Å². The molecule has 0 saturated carbocycles. The molecule has 2 aromatic heterocycles. The lowest BCUT2D eigenvalue weighted by Crippen LogP contribution is -2.75. The number of benzene rings is 4. The van der Waals surface area contributed by atoms with Gasteiger partial charge in [-0.15, -0.1) is 0 Å². The van der Waals surface area contributed by atoms with Gasteiger partial charge in [0, 0.05) is 29.0 Å². The summed E-state index contributed by atoms with van der Waals surface area (Å²) in [7, 11) is -2.71. The molecule has 0 unspecified atom stereocenters. The van der Waals surface area contributed by atoms with Crippen LogP contribution >= 0.6 is 0 Å². The highest BCUT2D eigenvalue weighted by Gasteiger charge is 2.43. The summed E-state index contributed by atoms with van der Waals surface area (Å²) in [6.07, 6.45) is 4.48. The van der Waals surface area contributed by atoms with E-state index < -0.39 is 8.07 Å². The fourth-order valence-corrected chi connectivity index (χ4v) is 9.68. The molecule has 4 aromatic carbocycles. The van der Waals surface area contributed by atoms with E-state index in [0.29, 0.717) is 0 Å². The van der Waals surface area contributed by atoms with Crippen molar-refractivity contribution >= 4 is 29.0 Å². The molecule has 2 heterocycles. The van der Waals surface area contributed by atoms with E-state index in [4.69, 9.17) is 4.98 Å². The highest BCUT2D eigenvalue weighted by molar-refractivity contribution is 7.19. The van der Waals surface area contributed by atoms with Crippen LogP contribution in [0, 0.1) is 0 Å². The molecule has 36 heavy (non-hydrogen) atoms. The summed E-state index contributed by atoms with van der Waals surface area (Å²) in [5.41, 5.74) is 3.28. The van der Waals surface area contributed by atoms with Crippen LogP contribution in [0.4, 0.5) is 0 Å². The number of pyridine rings is 1. The number of para-hydroxylation sites is 1. The van der Waals surface area contributed by atoms with Crippen molar-refractivity contribution < 1.29 is 0 Å². The van der Waals surface area contributed by atoms with E-state index in [-0.39, 0.29) is 0 Å². The molecule has 0 aliphatic heterocycles. The van der Waals surface area contributed by atoms with Crippen LogP contribution in [0.5, 0.6) is 0 Å². The van der Waals surface area contributed by atoms with Gasteiger partial charge in [-0.1, -0.05) is 115 Å². The van der Waals surface area contributed by atoms with Crippen LogP contribution in [0.3, 0.4) is 0 Å². The third kappa shape index (κ3) is 3.90. The summed E-state index contributed by atoms with van der Waals surface area (Å²) in [6.45, 7) is 0. The Morgan fingerprint density at radius 3 is 1.64 bits per heavy atom. The third-order valence-corrected chi connectivity index (χ3v) is 11.4. The van der Waals surface area contributed by atoms with Gasteiger partial charge in [-0.25, -0.2) is 0 Å². The minimum atomic E-state index is -2.71.